The summed E-state index contributed by atoms with van der Waals surface area (Å²) in [4.78, 5) is 13.0. The highest BCUT2D eigenvalue weighted by molar-refractivity contribution is 7.97. The fourth-order valence-corrected chi connectivity index (χ4v) is 5.09. The summed E-state index contributed by atoms with van der Waals surface area (Å²) in [5.41, 5.74) is 3.13. The smallest absolute Gasteiger partial charge is 0.270 e. The molecule has 0 atom stereocenters. The minimum absolute atomic E-state index is 0.190. The average Bonchev–Trinajstić information content (AvgIpc) is 2.80. The molecule has 1 heterocycles. The summed E-state index contributed by atoms with van der Waals surface area (Å²) in [6, 6.07) is 23.5. The third kappa shape index (κ3) is 3.80. The number of nitrogens with one attached hydrogen (secondary N) is 1. The quantitative estimate of drug-likeness (QED) is 0.666. The van der Waals surface area contributed by atoms with Gasteiger partial charge in [0.05, 0.1) is 12.8 Å². The molecular weight excluding hydrogens is 412 g/mol. The van der Waals surface area contributed by atoms with E-state index in [1.807, 2.05) is 54.6 Å². The van der Waals surface area contributed by atoms with E-state index in [1.54, 1.807) is 31.4 Å². The van der Waals surface area contributed by atoms with Gasteiger partial charge in [0.15, 0.2) is 4.91 Å². The Morgan fingerprint density at radius 2 is 1.58 bits per heavy atom. The molecule has 3 aromatic carbocycles. The van der Waals surface area contributed by atoms with Gasteiger partial charge < -0.3 is 10.1 Å². The van der Waals surface area contributed by atoms with Crippen molar-refractivity contribution in [3.05, 3.63) is 100 Å². The van der Waals surface area contributed by atoms with Crippen LogP contribution in [0.2, 0.25) is 0 Å². The Morgan fingerprint density at radius 1 is 0.935 bits per heavy atom. The molecule has 7 heteroatoms. The van der Waals surface area contributed by atoms with Gasteiger partial charge in [-0.2, -0.15) is 0 Å². The van der Waals surface area contributed by atoms with E-state index in [4.69, 9.17) is 4.74 Å². The zero-order chi connectivity index (χ0) is 22.0. The van der Waals surface area contributed by atoms with Gasteiger partial charge in [-0.1, -0.05) is 60.7 Å². The third-order valence-corrected chi connectivity index (χ3v) is 7.06. The Morgan fingerprint density at radius 3 is 2.26 bits per heavy atom. The number of fused-ring (bicyclic) bond motifs is 1. The monoisotopic (exact) mass is 434 g/mol. The minimum atomic E-state index is -4.05. The molecule has 0 fully saturated rings. The number of hydrogen-bond donors (Lipinski definition) is 1. The number of carbonyl (C=O) groups is 1. The van der Waals surface area contributed by atoms with Gasteiger partial charge >= 0.3 is 0 Å². The van der Waals surface area contributed by atoms with Gasteiger partial charge in [-0.05, 0) is 29.3 Å². The van der Waals surface area contributed by atoms with E-state index in [-0.39, 0.29) is 11.4 Å². The molecule has 31 heavy (non-hydrogen) atoms. The topological polar surface area (TPSA) is 75.7 Å². The van der Waals surface area contributed by atoms with Crippen molar-refractivity contribution in [2.24, 2.45) is 0 Å². The predicted molar refractivity (Wildman–Crippen MR) is 121 cm³/mol. The summed E-state index contributed by atoms with van der Waals surface area (Å²) in [5.74, 6) is 0.0632. The number of amides is 1. The van der Waals surface area contributed by atoms with Crippen molar-refractivity contribution >= 4 is 27.2 Å². The molecule has 6 nitrogen and oxygen atoms in total. The van der Waals surface area contributed by atoms with Crippen LogP contribution < -0.4 is 14.4 Å². The van der Waals surface area contributed by atoms with Gasteiger partial charge in [-0.25, -0.2) is 8.42 Å². The van der Waals surface area contributed by atoms with Gasteiger partial charge in [-0.15, -0.1) is 0 Å². The average molecular weight is 435 g/mol. The van der Waals surface area contributed by atoms with Gasteiger partial charge in [0, 0.05) is 24.7 Å². The number of methoxy groups -OCH3 is 1. The SMILES string of the molecule is COc1ccc(CNC(=O)C2=C(c3ccccc3)c3ccccc3N(C)S2(=O)=O)cc1. The molecule has 0 unspecified atom stereocenters. The lowest BCUT2D eigenvalue weighted by atomic mass is 9.95. The summed E-state index contributed by atoms with van der Waals surface area (Å²) in [5, 5.41) is 2.77. The first-order chi connectivity index (χ1) is 14.9. The molecule has 1 aliphatic rings. The van der Waals surface area contributed by atoms with E-state index in [0.717, 1.165) is 9.87 Å². The largest absolute Gasteiger partial charge is 0.497 e. The Hall–Kier alpha value is -3.58. The van der Waals surface area contributed by atoms with Gasteiger partial charge in [0.1, 0.15) is 5.75 Å². The van der Waals surface area contributed by atoms with Crippen molar-refractivity contribution in [1.29, 1.82) is 0 Å². The molecule has 0 saturated carbocycles. The number of rotatable bonds is 5. The van der Waals surface area contributed by atoms with Crippen LogP contribution in [-0.4, -0.2) is 28.5 Å². The molecule has 4 rings (SSSR count). The molecule has 3 aromatic rings. The second-order valence-electron chi connectivity index (χ2n) is 7.09. The maximum absolute atomic E-state index is 13.4. The number of para-hydroxylation sites is 1. The molecular formula is C24H22N2O4S. The lowest BCUT2D eigenvalue weighted by Crippen LogP contribution is -2.39. The number of sulfonamides is 1. The summed E-state index contributed by atoms with van der Waals surface area (Å²) < 4.78 is 33.1. The van der Waals surface area contributed by atoms with Gasteiger partial charge in [-0.3, -0.25) is 9.10 Å². The van der Waals surface area contributed by atoms with Crippen LogP contribution in [-0.2, 0) is 21.4 Å². The molecule has 1 amide bonds. The Kier molecular flexibility index (Phi) is 5.52. The second kappa shape index (κ2) is 8.28. The maximum Gasteiger partial charge on any atom is 0.270 e. The van der Waals surface area contributed by atoms with Crippen LogP contribution in [0.1, 0.15) is 16.7 Å². The second-order valence-corrected chi connectivity index (χ2v) is 9.00. The zero-order valence-corrected chi connectivity index (χ0v) is 18.0. The van der Waals surface area contributed by atoms with Crippen molar-refractivity contribution < 1.29 is 17.9 Å². The van der Waals surface area contributed by atoms with E-state index in [0.29, 0.717) is 28.1 Å². The molecule has 0 saturated heterocycles. The molecule has 0 spiro atoms. The number of ether oxygens (including phenoxy) is 1. The normalized spacial score (nSPS) is 14.7. The lowest BCUT2D eigenvalue weighted by molar-refractivity contribution is -0.116. The summed E-state index contributed by atoms with van der Waals surface area (Å²) in [6.07, 6.45) is 0. The van der Waals surface area contributed by atoms with Crippen LogP contribution in [0.4, 0.5) is 5.69 Å². The number of carbonyl (C=O) groups excluding carboxylic acids is 1. The third-order valence-electron chi connectivity index (χ3n) is 5.24. The number of anilines is 1. The van der Waals surface area contributed by atoms with E-state index in [1.165, 1.54) is 7.05 Å². The Bertz CT molecular complexity index is 1250. The fourth-order valence-electron chi connectivity index (χ4n) is 3.61. The van der Waals surface area contributed by atoms with Crippen LogP contribution in [0, 0.1) is 0 Å². The first-order valence-electron chi connectivity index (χ1n) is 9.72. The molecule has 0 aliphatic carbocycles. The number of nitrogens with zero attached hydrogens (tertiary/aromatic N) is 1. The molecule has 0 aromatic heterocycles. The summed E-state index contributed by atoms with van der Waals surface area (Å²) >= 11 is 0. The van der Waals surface area contributed by atoms with Crippen molar-refractivity contribution in [2.75, 3.05) is 18.5 Å². The van der Waals surface area contributed by atoms with Gasteiger partial charge in [0.25, 0.3) is 15.9 Å². The molecule has 0 bridgehead atoms. The predicted octanol–water partition coefficient (Wildman–Crippen LogP) is 3.55. The van der Waals surface area contributed by atoms with Crippen LogP contribution in [0.25, 0.3) is 5.57 Å². The Labute approximate surface area is 181 Å². The van der Waals surface area contributed by atoms with Crippen molar-refractivity contribution in [3.8, 4) is 5.75 Å². The van der Waals surface area contributed by atoms with E-state index < -0.39 is 15.9 Å². The van der Waals surface area contributed by atoms with Crippen molar-refractivity contribution in [2.45, 2.75) is 6.54 Å². The standard InChI is InChI=1S/C24H22N2O4S/c1-26-21-11-7-6-10-20(21)22(18-8-4-3-5-9-18)23(31(26,28)29)24(27)25-16-17-12-14-19(30-2)15-13-17/h3-15H,16H2,1-2H3,(H,25,27). The summed E-state index contributed by atoms with van der Waals surface area (Å²) in [7, 11) is -1.00. The molecule has 158 valence electrons. The highest BCUT2D eigenvalue weighted by atomic mass is 32.2. The van der Waals surface area contributed by atoms with Crippen LogP contribution in [0.5, 0.6) is 5.75 Å². The highest BCUT2D eigenvalue weighted by Crippen LogP contribution is 2.41. The molecule has 0 radical (unpaired) electrons. The lowest BCUT2D eigenvalue weighted by Gasteiger charge is -2.30. The molecule has 1 aliphatic heterocycles. The number of hydrogen-bond acceptors (Lipinski definition) is 4. The van der Waals surface area contributed by atoms with Crippen LogP contribution in [0.15, 0.2) is 83.8 Å². The summed E-state index contributed by atoms with van der Waals surface area (Å²) in [6.45, 7) is 0.190. The van der Waals surface area contributed by atoms with Crippen LogP contribution in [0.3, 0.4) is 0 Å². The zero-order valence-electron chi connectivity index (χ0n) is 17.2. The van der Waals surface area contributed by atoms with Crippen molar-refractivity contribution in [3.63, 3.8) is 0 Å². The van der Waals surface area contributed by atoms with Crippen LogP contribution >= 0.6 is 0 Å². The molecule has 1 N–H and O–H groups in total. The fraction of sp³-hybridized carbons (Fsp3) is 0.125. The maximum atomic E-state index is 13.4. The number of benzene rings is 3. The Balaban J connectivity index is 1.80. The highest BCUT2D eigenvalue weighted by Gasteiger charge is 2.39. The minimum Gasteiger partial charge on any atom is -0.497 e. The van der Waals surface area contributed by atoms with Crippen molar-refractivity contribution in [1.82, 2.24) is 5.32 Å². The first kappa shape index (κ1) is 20.7. The first-order valence-corrected chi connectivity index (χ1v) is 11.2. The van der Waals surface area contributed by atoms with E-state index in [2.05, 4.69) is 5.32 Å². The van der Waals surface area contributed by atoms with Gasteiger partial charge in [0.2, 0.25) is 0 Å². The van der Waals surface area contributed by atoms with E-state index in [9.17, 15) is 13.2 Å². The van der Waals surface area contributed by atoms with E-state index >= 15 is 0 Å².